The van der Waals surface area contributed by atoms with Gasteiger partial charge in [-0.1, -0.05) is 25.8 Å². The Kier molecular flexibility index (Phi) is 5.11. The van der Waals surface area contributed by atoms with Crippen LogP contribution in [-0.4, -0.2) is 26.7 Å². The molecule has 0 spiro atoms. The lowest BCUT2D eigenvalue weighted by molar-refractivity contribution is 0.232. The highest BCUT2D eigenvalue weighted by molar-refractivity contribution is 7.90. The minimum atomic E-state index is -3.29. The summed E-state index contributed by atoms with van der Waals surface area (Å²) in [5, 5.41) is 5.78. The molecule has 2 amide bonds. The molecule has 0 aliphatic heterocycles. The van der Waals surface area contributed by atoms with Gasteiger partial charge in [0.05, 0.1) is 4.90 Å². The molecule has 5 nitrogen and oxygen atoms in total. The average Bonchev–Trinajstić information content (AvgIpc) is 2.42. The summed E-state index contributed by atoms with van der Waals surface area (Å²) in [7, 11) is -3.29. The molecule has 2 atom stereocenters. The molecule has 1 saturated carbocycles. The first-order valence-corrected chi connectivity index (χ1v) is 9.55. The quantitative estimate of drug-likeness (QED) is 0.897. The maximum Gasteiger partial charge on any atom is 0.319 e. The molecule has 1 aromatic carbocycles. The predicted molar refractivity (Wildman–Crippen MR) is 87.9 cm³/mol. The molecule has 2 rings (SSSR count). The zero-order valence-electron chi connectivity index (χ0n) is 13.3. The Morgan fingerprint density at radius 1 is 1.23 bits per heavy atom. The Morgan fingerprint density at radius 3 is 2.55 bits per heavy atom. The number of carbonyl (C=O) groups excluding carboxylic acids is 1. The van der Waals surface area contributed by atoms with Crippen LogP contribution < -0.4 is 10.6 Å². The molecule has 0 unspecified atom stereocenters. The fourth-order valence-electron chi connectivity index (χ4n) is 2.82. The summed E-state index contributed by atoms with van der Waals surface area (Å²) >= 11 is 0. The third-order valence-corrected chi connectivity index (χ3v) is 5.42. The molecule has 0 radical (unpaired) electrons. The van der Waals surface area contributed by atoms with Crippen LogP contribution >= 0.6 is 0 Å². The maximum absolute atomic E-state index is 12.2. The van der Waals surface area contributed by atoms with E-state index in [9.17, 15) is 13.2 Å². The highest BCUT2D eigenvalue weighted by atomic mass is 32.2. The number of anilines is 1. The van der Waals surface area contributed by atoms with Crippen LogP contribution in [0.1, 0.15) is 38.2 Å². The van der Waals surface area contributed by atoms with Gasteiger partial charge in [0.1, 0.15) is 0 Å². The van der Waals surface area contributed by atoms with E-state index in [0.717, 1.165) is 31.1 Å². The van der Waals surface area contributed by atoms with Crippen LogP contribution in [0.15, 0.2) is 23.1 Å². The number of nitrogens with one attached hydrogen (secondary N) is 2. The standard InChI is InChI=1S/C16H24N2O3S/c1-11-6-4-5-7-14(11)17-16(19)18-15-10-13(22(3,20)21)9-8-12(15)2/h8-11,14H,4-7H2,1-3H3,(H2,17,18,19)/t11-,14+/m0/s1. The van der Waals surface area contributed by atoms with Gasteiger partial charge in [-0.2, -0.15) is 0 Å². The largest absolute Gasteiger partial charge is 0.335 e. The molecule has 0 aromatic heterocycles. The van der Waals surface area contributed by atoms with Crippen LogP contribution in [0.4, 0.5) is 10.5 Å². The fraction of sp³-hybridized carbons (Fsp3) is 0.562. The van der Waals surface area contributed by atoms with E-state index in [1.807, 2.05) is 6.92 Å². The van der Waals surface area contributed by atoms with Crippen molar-refractivity contribution in [3.63, 3.8) is 0 Å². The molecular weight excluding hydrogens is 300 g/mol. The normalized spacial score (nSPS) is 22.1. The van der Waals surface area contributed by atoms with Gasteiger partial charge in [0, 0.05) is 18.0 Å². The number of carbonyl (C=O) groups is 1. The van der Waals surface area contributed by atoms with Crippen molar-refractivity contribution in [1.29, 1.82) is 0 Å². The Labute approximate surface area is 132 Å². The molecule has 2 N–H and O–H groups in total. The van der Waals surface area contributed by atoms with Gasteiger partial charge in [-0.15, -0.1) is 0 Å². The van der Waals surface area contributed by atoms with E-state index in [2.05, 4.69) is 17.6 Å². The summed E-state index contributed by atoms with van der Waals surface area (Å²) < 4.78 is 23.2. The first-order valence-electron chi connectivity index (χ1n) is 7.65. The topological polar surface area (TPSA) is 75.3 Å². The van der Waals surface area contributed by atoms with Crippen molar-refractivity contribution >= 4 is 21.6 Å². The van der Waals surface area contributed by atoms with Crippen LogP contribution in [0.25, 0.3) is 0 Å². The number of amides is 2. The fourth-order valence-corrected chi connectivity index (χ4v) is 3.47. The number of urea groups is 1. The van der Waals surface area contributed by atoms with Gasteiger partial charge in [0.15, 0.2) is 9.84 Å². The molecule has 6 heteroatoms. The highest BCUT2D eigenvalue weighted by Crippen LogP contribution is 2.24. The Hall–Kier alpha value is -1.56. The lowest BCUT2D eigenvalue weighted by Gasteiger charge is -2.29. The van der Waals surface area contributed by atoms with E-state index in [1.165, 1.54) is 12.5 Å². The number of hydrogen-bond donors (Lipinski definition) is 2. The number of benzene rings is 1. The Bertz CT molecular complexity index is 655. The van der Waals surface area contributed by atoms with Crippen molar-refractivity contribution in [2.75, 3.05) is 11.6 Å². The molecule has 1 fully saturated rings. The van der Waals surface area contributed by atoms with Gasteiger partial charge in [0.2, 0.25) is 0 Å². The van der Waals surface area contributed by atoms with Crippen LogP contribution in [-0.2, 0) is 9.84 Å². The van der Waals surface area contributed by atoms with E-state index in [1.54, 1.807) is 12.1 Å². The monoisotopic (exact) mass is 324 g/mol. The molecule has 0 heterocycles. The zero-order chi connectivity index (χ0) is 16.3. The molecule has 122 valence electrons. The molecule has 1 aliphatic carbocycles. The average molecular weight is 324 g/mol. The van der Waals surface area contributed by atoms with Crippen molar-refractivity contribution in [3.8, 4) is 0 Å². The second kappa shape index (κ2) is 6.69. The molecule has 0 bridgehead atoms. The minimum absolute atomic E-state index is 0.187. The molecule has 1 aliphatic rings. The third kappa shape index (κ3) is 4.22. The second-order valence-corrected chi connectivity index (χ2v) is 8.23. The van der Waals surface area contributed by atoms with Gasteiger partial charge in [-0.3, -0.25) is 0 Å². The first-order chi connectivity index (χ1) is 10.3. The number of sulfone groups is 1. The van der Waals surface area contributed by atoms with Gasteiger partial charge < -0.3 is 10.6 Å². The minimum Gasteiger partial charge on any atom is -0.335 e. The van der Waals surface area contributed by atoms with Gasteiger partial charge >= 0.3 is 6.03 Å². The van der Waals surface area contributed by atoms with Gasteiger partial charge in [-0.25, -0.2) is 13.2 Å². The second-order valence-electron chi connectivity index (χ2n) is 6.22. The summed E-state index contributed by atoms with van der Waals surface area (Å²) in [5.74, 6) is 0.475. The van der Waals surface area contributed by atoms with Crippen LogP contribution in [0, 0.1) is 12.8 Å². The molecule has 0 saturated heterocycles. The zero-order valence-corrected chi connectivity index (χ0v) is 14.2. The lowest BCUT2D eigenvalue weighted by Crippen LogP contribution is -2.43. The van der Waals surface area contributed by atoms with E-state index in [0.29, 0.717) is 11.6 Å². The predicted octanol–water partition coefficient (Wildman–Crippen LogP) is 3.10. The Balaban J connectivity index is 2.08. The Morgan fingerprint density at radius 2 is 1.91 bits per heavy atom. The van der Waals surface area contributed by atoms with Crippen molar-refractivity contribution in [3.05, 3.63) is 23.8 Å². The summed E-state index contributed by atoms with van der Waals surface area (Å²) in [6.07, 6.45) is 5.64. The van der Waals surface area contributed by atoms with E-state index in [-0.39, 0.29) is 17.0 Å². The maximum atomic E-state index is 12.2. The van der Waals surface area contributed by atoms with E-state index < -0.39 is 9.84 Å². The molecular formula is C16H24N2O3S. The van der Waals surface area contributed by atoms with Crippen molar-refractivity contribution in [2.45, 2.75) is 50.5 Å². The number of hydrogen-bond acceptors (Lipinski definition) is 3. The van der Waals surface area contributed by atoms with Crippen LogP contribution in [0.5, 0.6) is 0 Å². The highest BCUT2D eigenvalue weighted by Gasteiger charge is 2.23. The molecule has 1 aromatic rings. The molecule has 22 heavy (non-hydrogen) atoms. The van der Waals surface area contributed by atoms with Gasteiger partial charge in [0.25, 0.3) is 0 Å². The van der Waals surface area contributed by atoms with E-state index in [4.69, 9.17) is 0 Å². The van der Waals surface area contributed by atoms with Crippen LogP contribution in [0.3, 0.4) is 0 Å². The third-order valence-electron chi connectivity index (χ3n) is 4.31. The van der Waals surface area contributed by atoms with Crippen LogP contribution in [0.2, 0.25) is 0 Å². The first kappa shape index (κ1) is 16.8. The SMILES string of the molecule is Cc1ccc(S(C)(=O)=O)cc1NC(=O)N[C@@H]1CCCC[C@@H]1C. The lowest BCUT2D eigenvalue weighted by atomic mass is 9.86. The summed E-state index contributed by atoms with van der Waals surface area (Å²) in [4.78, 5) is 12.4. The summed E-state index contributed by atoms with van der Waals surface area (Å²) in [5.41, 5.74) is 1.36. The van der Waals surface area contributed by atoms with Crippen molar-refractivity contribution in [1.82, 2.24) is 5.32 Å². The van der Waals surface area contributed by atoms with Gasteiger partial charge in [-0.05, 0) is 43.4 Å². The number of rotatable bonds is 3. The summed E-state index contributed by atoms with van der Waals surface area (Å²) in [6, 6.07) is 4.68. The smallest absolute Gasteiger partial charge is 0.319 e. The number of aryl methyl sites for hydroxylation is 1. The van der Waals surface area contributed by atoms with Crippen molar-refractivity contribution in [2.24, 2.45) is 5.92 Å². The van der Waals surface area contributed by atoms with Crippen molar-refractivity contribution < 1.29 is 13.2 Å². The summed E-state index contributed by atoms with van der Waals surface area (Å²) in [6.45, 7) is 3.99. The van der Waals surface area contributed by atoms with E-state index >= 15 is 0 Å².